The molecule has 0 aliphatic carbocycles. The van der Waals surface area contributed by atoms with Crippen molar-refractivity contribution in [2.45, 2.75) is 123 Å². The second kappa shape index (κ2) is 17.8. The third-order valence-electron chi connectivity index (χ3n) is 12.5. The number of ketones is 1. The lowest BCUT2D eigenvalue weighted by Crippen LogP contribution is -2.51. The predicted molar refractivity (Wildman–Crippen MR) is 219 cm³/mol. The highest BCUT2D eigenvalue weighted by Crippen LogP contribution is 2.41. The van der Waals surface area contributed by atoms with Crippen molar-refractivity contribution in [1.82, 2.24) is 35.0 Å². The highest BCUT2D eigenvalue weighted by atomic mass is 19.3. The molecular weight excluding hydrogens is 805 g/mol. The number of carbonyl (C=O) groups excluding carboxylic acids is 4. The molecule has 2 aliphatic heterocycles. The summed E-state index contributed by atoms with van der Waals surface area (Å²) in [6.45, 7) is 8.30. The first-order chi connectivity index (χ1) is 28.7. The van der Waals surface area contributed by atoms with E-state index in [1.807, 2.05) is 6.92 Å². The molecule has 11 nitrogen and oxygen atoms in total. The number of hydrogen-bond donors (Lipinski definition) is 3. The molecule has 3 N–H and O–H groups in total. The molecule has 6 unspecified atom stereocenters. The summed E-state index contributed by atoms with van der Waals surface area (Å²) < 4.78 is 92.9. The quantitative estimate of drug-likeness (QED) is 0.102. The maximum atomic E-state index is 15.5. The van der Waals surface area contributed by atoms with Crippen molar-refractivity contribution >= 4 is 45.4 Å². The molecule has 2 aromatic heterocycles. The van der Waals surface area contributed by atoms with Crippen LogP contribution >= 0.6 is 0 Å². The van der Waals surface area contributed by atoms with E-state index in [1.54, 1.807) is 46.2 Å². The summed E-state index contributed by atoms with van der Waals surface area (Å²) in [7, 11) is 1.61. The van der Waals surface area contributed by atoms with Crippen LogP contribution in [0.2, 0.25) is 0 Å². The van der Waals surface area contributed by atoms with Crippen molar-refractivity contribution in [2.24, 2.45) is 17.8 Å². The number of Topliss-reactive ketones (excluding diaryl/α,β-unsaturated/α-hetero) is 1. The van der Waals surface area contributed by atoms with Crippen LogP contribution in [0, 0.1) is 29.4 Å². The summed E-state index contributed by atoms with van der Waals surface area (Å²) in [6, 6.07) is 3.78. The highest BCUT2D eigenvalue weighted by molar-refractivity contribution is 5.93. The molecule has 4 aromatic rings. The van der Waals surface area contributed by atoms with Gasteiger partial charge in [0.1, 0.15) is 23.5 Å². The molecule has 0 radical (unpaired) electrons. The van der Waals surface area contributed by atoms with Gasteiger partial charge in [-0.1, -0.05) is 34.6 Å². The molecule has 332 valence electrons. The van der Waals surface area contributed by atoms with E-state index in [4.69, 9.17) is 4.98 Å². The monoisotopic (exact) mass is 859 g/mol. The maximum Gasteiger partial charge on any atom is 0.267 e. The number of fused-ring (bicyclic) bond motifs is 2. The van der Waals surface area contributed by atoms with E-state index >= 15 is 17.6 Å². The van der Waals surface area contributed by atoms with Crippen molar-refractivity contribution in [3.8, 4) is 11.5 Å². The van der Waals surface area contributed by atoms with Gasteiger partial charge in [-0.2, -0.15) is 0 Å². The number of likely N-dealkylation sites (N-methyl/N-ethyl adjacent to an activating group) is 1. The van der Waals surface area contributed by atoms with Crippen LogP contribution in [0.4, 0.5) is 26.3 Å². The molecule has 61 heavy (non-hydrogen) atoms. The number of nitrogens with zero attached hydrogens (tertiary/aromatic N) is 4. The number of rotatable bonds is 16. The van der Waals surface area contributed by atoms with E-state index in [-0.39, 0.29) is 66.0 Å². The van der Waals surface area contributed by atoms with E-state index < -0.39 is 97.2 Å². The van der Waals surface area contributed by atoms with Crippen molar-refractivity contribution in [3.05, 3.63) is 53.6 Å². The van der Waals surface area contributed by atoms with E-state index in [0.29, 0.717) is 22.9 Å². The van der Waals surface area contributed by atoms with Crippen LogP contribution in [0.15, 0.2) is 36.4 Å². The summed E-state index contributed by atoms with van der Waals surface area (Å²) >= 11 is 0. The lowest BCUT2D eigenvalue weighted by Gasteiger charge is -2.31. The van der Waals surface area contributed by atoms with Crippen LogP contribution in [0.1, 0.15) is 79.2 Å². The van der Waals surface area contributed by atoms with Crippen molar-refractivity contribution in [3.63, 3.8) is 0 Å². The predicted octanol–water partition coefficient (Wildman–Crippen LogP) is 7.26. The third-order valence-corrected chi connectivity index (χ3v) is 12.5. The van der Waals surface area contributed by atoms with Gasteiger partial charge in [0, 0.05) is 60.7 Å². The molecule has 4 heterocycles. The average molecular weight is 860 g/mol. The number of halogens is 6. The topological polar surface area (TPSA) is 132 Å². The van der Waals surface area contributed by atoms with E-state index in [0.717, 1.165) is 15.9 Å². The first-order valence-electron chi connectivity index (χ1n) is 21.0. The second-order valence-electron chi connectivity index (χ2n) is 17.2. The Labute approximate surface area is 351 Å². The number of alkyl halides is 4. The van der Waals surface area contributed by atoms with Crippen molar-refractivity contribution in [1.29, 1.82) is 0 Å². The van der Waals surface area contributed by atoms with Crippen LogP contribution in [0.3, 0.4) is 0 Å². The van der Waals surface area contributed by atoms with Gasteiger partial charge >= 0.3 is 0 Å². The van der Waals surface area contributed by atoms with Crippen LogP contribution < -0.4 is 10.6 Å². The number of hydrogen-bond acceptors (Lipinski definition) is 6. The van der Waals surface area contributed by atoms with E-state index in [2.05, 4.69) is 15.6 Å². The van der Waals surface area contributed by atoms with Gasteiger partial charge in [0.05, 0.1) is 41.9 Å². The molecule has 0 saturated carbocycles. The van der Waals surface area contributed by atoms with Gasteiger partial charge in [-0.3, -0.25) is 19.2 Å². The number of benzene rings is 2. The van der Waals surface area contributed by atoms with E-state index in [9.17, 15) is 28.0 Å². The van der Waals surface area contributed by atoms with Crippen LogP contribution in [-0.2, 0) is 32.1 Å². The van der Waals surface area contributed by atoms with Crippen LogP contribution in [0.25, 0.3) is 33.5 Å². The minimum Gasteiger partial charge on any atom is -0.352 e. The zero-order chi connectivity index (χ0) is 44.7. The Kier molecular flexibility index (Phi) is 13.3. The lowest BCUT2D eigenvalue weighted by molar-refractivity contribution is -0.141. The third kappa shape index (κ3) is 9.61. The van der Waals surface area contributed by atoms with Gasteiger partial charge in [-0.05, 0) is 75.0 Å². The minimum absolute atomic E-state index is 0.0845. The number of H-pyrrole nitrogens is 1. The zero-order valence-electron chi connectivity index (χ0n) is 35.6. The molecule has 2 aliphatic rings. The van der Waals surface area contributed by atoms with Crippen molar-refractivity contribution < 1.29 is 45.5 Å². The summed E-state index contributed by atoms with van der Waals surface area (Å²) in [6.07, 6.45) is -1.12. The Hall–Kier alpha value is -4.93. The molecule has 2 aromatic carbocycles. The fourth-order valence-electron chi connectivity index (χ4n) is 8.63. The minimum atomic E-state index is -3.29. The Morgan fingerprint density at radius 3 is 2.11 bits per heavy atom. The molecule has 6 atom stereocenters. The molecule has 6 rings (SSSR count). The number of imidazole rings is 1. The number of nitrogens with one attached hydrogen (secondary N) is 3. The molecule has 0 spiro atoms. The largest absolute Gasteiger partial charge is 0.352 e. The van der Waals surface area contributed by atoms with E-state index in [1.165, 1.54) is 30.3 Å². The fraction of sp³-hybridized carbons (Fsp3) is 0.568. The van der Waals surface area contributed by atoms with Crippen LogP contribution in [0.5, 0.6) is 0 Å². The molecule has 3 amide bonds. The number of amides is 3. The molecule has 2 saturated heterocycles. The molecular formula is C44H55F6N7O4. The zero-order valence-corrected chi connectivity index (χ0v) is 35.6. The Bertz CT molecular complexity index is 2290. The number of aromatic amines is 1. The van der Waals surface area contributed by atoms with Gasteiger partial charge in [0.15, 0.2) is 5.82 Å². The number of aromatic nitrogens is 3. The summed E-state index contributed by atoms with van der Waals surface area (Å²) in [5.41, 5.74) is 1.28. The molecule has 0 bridgehead atoms. The Morgan fingerprint density at radius 1 is 0.869 bits per heavy atom. The summed E-state index contributed by atoms with van der Waals surface area (Å²) in [4.78, 5) is 64.1. The van der Waals surface area contributed by atoms with Crippen LogP contribution in [-0.4, -0.2) is 104 Å². The Morgan fingerprint density at radius 2 is 1.49 bits per heavy atom. The maximum absolute atomic E-state index is 15.5. The standard InChI is InChI=1S/C44H55F6N7O4/c1-8-24(5)40(59)54-33(9-2)42(61)57-22-44(49,50)19-29(57)20-55-36-13-11-27(46)15-35(36)53-39(55)38-32(30-12-10-26(45)14-34(30)52-38)16-28-18-43(47,48)21-56(28)41(60)31(23(3)4)17-37(58)25(6)51-7/h10-15,23-25,28-29,31,33,51-52H,8-9,16-22H2,1-7H3,(H,54,59). The average Bonchev–Trinajstić information content (AvgIpc) is 3.92. The summed E-state index contributed by atoms with van der Waals surface area (Å²) in [5, 5.41) is 5.99. The fourth-order valence-corrected chi connectivity index (χ4v) is 8.63. The molecule has 17 heteroatoms. The number of carbonyl (C=O) groups is 4. The van der Waals surface area contributed by atoms with Gasteiger partial charge in [0.2, 0.25) is 17.7 Å². The van der Waals surface area contributed by atoms with Gasteiger partial charge in [-0.25, -0.2) is 31.3 Å². The normalized spacial score (nSPS) is 20.7. The second-order valence-corrected chi connectivity index (χ2v) is 17.2. The first kappa shape index (κ1) is 45.6. The Balaban J connectivity index is 1.44. The smallest absolute Gasteiger partial charge is 0.267 e. The first-order valence-corrected chi connectivity index (χ1v) is 21.0. The summed E-state index contributed by atoms with van der Waals surface area (Å²) in [5.74, 6) is -11.3. The molecule has 2 fully saturated rings. The number of likely N-dealkylation sites (tertiary alicyclic amines) is 2. The van der Waals surface area contributed by atoms with Crippen molar-refractivity contribution in [2.75, 3.05) is 20.1 Å². The SMILES string of the molecule is CCC(C)C(=O)NC(CC)C(=O)N1CC(F)(F)CC1Cn1c(-c2[nH]c3cc(F)ccc3c2CC2CC(F)(F)CN2C(=O)C(CC(=O)C(C)NC)C(C)C)nc2cc(F)ccc21. The lowest BCUT2D eigenvalue weighted by atomic mass is 9.87. The van der Waals surface area contributed by atoms with Gasteiger partial charge in [0.25, 0.3) is 11.8 Å². The van der Waals surface area contributed by atoms with Gasteiger partial charge in [-0.15, -0.1) is 0 Å². The highest BCUT2D eigenvalue weighted by Gasteiger charge is 2.50. The van der Waals surface area contributed by atoms with Gasteiger partial charge < -0.3 is 30.0 Å².